The van der Waals surface area contributed by atoms with Gasteiger partial charge < -0.3 is 5.32 Å². The van der Waals surface area contributed by atoms with Gasteiger partial charge >= 0.3 is 0 Å². The molecule has 16 heavy (non-hydrogen) atoms. The zero-order valence-electron chi connectivity index (χ0n) is 11.0. The largest absolute Gasteiger partial charge is 0.310 e. The first kappa shape index (κ1) is 13.2. The van der Waals surface area contributed by atoms with E-state index >= 15 is 0 Å². The van der Waals surface area contributed by atoms with Crippen LogP contribution in [0.4, 0.5) is 0 Å². The molecular weight excluding hydrogens is 198 g/mol. The number of aromatic amines is 1. The Morgan fingerprint density at radius 1 is 1.19 bits per heavy atom. The van der Waals surface area contributed by atoms with E-state index in [4.69, 9.17) is 0 Å². The first-order valence-corrected chi connectivity index (χ1v) is 6.29. The fourth-order valence-corrected chi connectivity index (χ4v) is 2.04. The van der Waals surface area contributed by atoms with Crippen LogP contribution in [0, 0.1) is 11.8 Å². The second-order valence-corrected chi connectivity index (χ2v) is 5.44. The minimum atomic E-state index is 0.620. The molecule has 0 unspecified atom stereocenters. The van der Waals surface area contributed by atoms with Crippen molar-refractivity contribution in [2.45, 2.75) is 53.1 Å². The number of rotatable bonds is 7. The highest BCUT2D eigenvalue weighted by Crippen LogP contribution is 2.13. The summed E-state index contributed by atoms with van der Waals surface area (Å²) in [5, 5.41) is 10.4. The molecule has 0 aliphatic heterocycles. The highest BCUT2D eigenvalue weighted by Gasteiger charge is 2.12. The van der Waals surface area contributed by atoms with Crippen LogP contribution in [0.3, 0.4) is 0 Å². The van der Waals surface area contributed by atoms with Gasteiger partial charge in [-0.1, -0.05) is 27.7 Å². The highest BCUT2D eigenvalue weighted by molar-refractivity contribution is 5.01. The van der Waals surface area contributed by atoms with Crippen molar-refractivity contribution in [3.8, 4) is 0 Å². The molecule has 0 aliphatic rings. The summed E-state index contributed by atoms with van der Waals surface area (Å²) in [5.74, 6) is 1.50. The monoisotopic (exact) mass is 223 g/mol. The summed E-state index contributed by atoms with van der Waals surface area (Å²) in [6.07, 6.45) is 6.33. The van der Waals surface area contributed by atoms with Crippen LogP contribution >= 0.6 is 0 Å². The lowest BCUT2D eigenvalue weighted by atomic mass is 9.95. The zero-order chi connectivity index (χ0) is 12.0. The summed E-state index contributed by atoms with van der Waals surface area (Å²) < 4.78 is 0. The molecule has 1 aromatic heterocycles. The molecule has 1 rings (SSSR count). The number of hydrogen-bond acceptors (Lipinski definition) is 2. The topological polar surface area (TPSA) is 40.7 Å². The van der Waals surface area contributed by atoms with E-state index in [0.29, 0.717) is 6.04 Å². The normalized spacial score (nSPS) is 11.9. The van der Waals surface area contributed by atoms with Gasteiger partial charge in [-0.05, 0) is 24.7 Å². The fraction of sp³-hybridized carbons (Fsp3) is 0.769. The van der Waals surface area contributed by atoms with Gasteiger partial charge in [0.15, 0.2) is 0 Å². The Labute approximate surface area is 99.0 Å². The van der Waals surface area contributed by atoms with Crippen molar-refractivity contribution in [3.63, 3.8) is 0 Å². The molecule has 92 valence electrons. The molecule has 3 heteroatoms. The number of hydrogen-bond donors (Lipinski definition) is 2. The third-order valence-electron chi connectivity index (χ3n) is 2.66. The summed E-state index contributed by atoms with van der Waals surface area (Å²) in [5.41, 5.74) is 1.23. The number of nitrogens with one attached hydrogen (secondary N) is 2. The van der Waals surface area contributed by atoms with Gasteiger partial charge in [0.05, 0.1) is 6.20 Å². The lowest BCUT2D eigenvalue weighted by Crippen LogP contribution is -2.31. The van der Waals surface area contributed by atoms with E-state index in [0.717, 1.165) is 18.4 Å². The van der Waals surface area contributed by atoms with Crippen LogP contribution in [0.1, 0.15) is 46.1 Å². The summed E-state index contributed by atoms with van der Waals surface area (Å²) in [6.45, 7) is 10.1. The second-order valence-electron chi connectivity index (χ2n) is 5.44. The zero-order valence-corrected chi connectivity index (χ0v) is 11.0. The minimum absolute atomic E-state index is 0.620. The number of nitrogens with zero attached hydrogens (tertiary/aromatic N) is 1. The Hall–Kier alpha value is -0.830. The van der Waals surface area contributed by atoms with Gasteiger partial charge in [-0.3, -0.25) is 5.10 Å². The predicted molar refractivity (Wildman–Crippen MR) is 68.1 cm³/mol. The molecule has 0 spiro atoms. The maximum Gasteiger partial charge on any atom is 0.0532 e. The minimum Gasteiger partial charge on any atom is -0.310 e. The quantitative estimate of drug-likeness (QED) is 0.746. The van der Waals surface area contributed by atoms with Crippen LogP contribution in [0.5, 0.6) is 0 Å². The molecule has 0 aliphatic carbocycles. The molecule has 0 amide bonds. The molecule has 1 aromatic rings. The van der Waals surface area contributed by atoms with Crippen LogP contribution in [0.2, 0.25) is 0 Å². The van der Waals surface area contributed by atoms with Crippen LogP contribution in [0.15, 0.2) is 12.4 Å². The summed E-state index contributed by atoms with van der Waals surface area (Å²) in [6, 6.07) is 0.620. The van der Waals surface area contributed by atoms with Crippen LogP contribution in [-0.4, -0.2) is 16.2 Å². The average Bonchev–Trinajstić information content (AvgIpc) is 2.64. The van der Waals surface area contributed by atoms with Gasteiger partial charge in [-0.15, -0.1) is 0 Å². The first-order valence-electron chi connectivity index (χ1n) is 6.29. The van der Waals surface area contributed by atoms with E-state index in [2.05, 4.69) is 43.2 Å². The SMILES string of the molecule is CC(C)CC(CC(C)C)NCc1cn[nH]c1. The molecule has 0 bridgehead atoms. The van der Waals surface area contributed by atoms with E-state index in [1.165, 1.54) is 18.4 Å². The van der Waals surface area contributed by atoms with Crippen molar-refractivity contribution < 1.29 is 0 Å². The van der Waals surface area contributed by atoms with Gasteiger partial charge in [-0.2, -0.15) is 5.10 Å². The first-order chi connectivity index (χ1) is 7.58. The summed E-state index contributed by atoms with van der Waals surface area (Å²) in [4.78, 5) is 0. The molecule has 0 saturated heterocycles. The van der Waals surface area contributed by atoms with Crippen molar-refractivity contribution >= 4 is 0 Å². The Kier molecular flexibility index (Phi) is 5.53. The smallest absolute Gasteiger partial charge is 0.0532 e. The Balaban J connectivity index is 2.37. The van der Waals surface area contributed by atoms with E-state index in [1.54, 1.807) is 0 Å². The molecule has 3 nitrogen and oxygen atoms in total. The third kappa shape index (κ3) is 5.31. The molecule has 0 saturated carbocycles. The Morgan fingerprint density at radius 2 is 1.81 bits per heavy atom. The predicted octanol–water partition coefficient (Wildman–Crippen LogP) is 2.96. The maximum atomic E-state index is 3.96. The van der Waals surface area contributed by atoms with Gasteiger partial charge in [0.25, 0.3) is 0 Å². The summed E-state index contributed by atoms with van der Waals surface area (Å²) in [7, 11) is 0. The van der Waals surface area contributed by atoms with Crippen molar-refractivity contribution in [1.82, 2.24) is 15.5 Å². The average molecular weight is 223 g/mol. The summed E-state index contributed by atoms with van der Waals surface area (Å²) >= 11 is 0. The molecule has 0 radical (unpaired) electrons. The molecular formula is C13H25N3. The van der Waals surface area contributed by atoms with Gasteiger partial charge in [0.2, 0.25) is 0 Å². The van der Waals surface area contributed by atoms with Gasteiger partial charge in [-0.25, -0.2) is 0 Å². The number of aromatic nitrogens is 2. The molecule has 0 aromatic carbocycles. The van der Waals surface area contributed by atoms with E-state index in [1.807, 2.05) is 12.4 Å². The molecule has 0 atom stereocenters. The van der Waals surface area contributed by atoms with Crippen LogP contribution in [0.25, 0.3) is 0 Å². The molecule has 2 N–H and O–H groups in total. The highest BCUT2D eigenvalue weighted by atomic mass is 15.1. The maximum absolute atomic E-state index is 3.96. The van der Waals surface area contributed by atoms with Crippen molar-refractivity contribution in [3.05, 3.63) is 18.0 Å². The Bertz CT molecular complexity index is 255. The van der Waals surface area contributed by atoms with Crippen molar-refractivity contribution in [1.29, 1.82) is 0 Å². The number of H-pyrrole nitrogens is 1. The van der Waals surface area contributed by atoms with E-state index in [9.17, 15) is 0 Å². The second kappa shape index (κ2) is 6.69. The Morgan fingerprint density at radius 3 is 2.25 bits per heavy atom. The van der Waals surface area contributed by atoms with Crippen LogP contribution in [-0.2, 0) is 6.54 Å². The van der Waals surface area contributed by atoms with Crippen molar-refractivity contribution in [2.75, 3.05) is 0 Å². The fourth-order valence-electron chi connectivity index (χ4n) is 2.04. The standard InChI is InChI=1S/C13H25N3/c1-10(2)5-13(6-11(3)4)14-7-12-8-15-16-9-12/h8-11,13-14H,5-7H2,1-4H3,(H,15,16). The third-order valence-corrected chi connectivity index (χ3v) is 2.66. The molecule has 0 fully saturated rings. The lowest BCUT2D eigenvalue weighted by Gasteiger charge is -2.22. The van der Waals surface area contributed by atoms with Gasteiger partial charge in [0, 0.05) is 24.3 Å². The van der Waals surface area contributed by atoms with Crippen LogP contribution < -0.4 is 5.32 Å². The van der Waals surface area contributed by atoms with Crippen molar-refractivity contribution in [2.24, 2.45) is 11.8 Å². The lowest BCUT2D eigenvalue weighted by molar-refractivity contribution is 0.358. The van der Waals surface area contributed by atoms with E-state index < -0.39 is 0 Å². The van der Waals surface area contributed by atoms with Gasteiger partial charge in [0.1, 0.15) is 0 Å². The van der Waals surface area contributed by atoms with E-state index in [-0.39, 0.29) is 0 Å². The molecule has 1 heterocycles.